The molecule has 4 aromatic rings. The van der Waals surface area contributed by atoms with Crippen molar-refractivity contribution in [3.05, 3.63) is 66.7 Å². The summed E-state index contributed by atoms with van der Waals surface area (Å²) in [6, 6.07) is 23.5. The first-order chi connectivity index (χ1) is 9.88. The lowest BCUT2D eigenvalue weighted by Crippen LogP contribution is -1.85. The lowest BCUT2D eigenvalue weighted by Gasteiger charge is -2.11. The molecule has 0 fully saturated rings. The third-order valence-electron chi connectivity index (χ3n) is 3.95. The maximum atomic E-state index is 5.38. The van der Waals surface area contributed by atoms with Crippen molar-refractivity contribution >= 4 is 32.3 Å². The molecule has 4 rings (SSSR count). The van der Waals surface area contributed by atoms with Gasteiger partial charge in [-0.15, -0.1) is 0 Å². The lowest BCUT2D eigenvalue weighted by atomic mass is 9.94. The molecule has 1 heteroatoms. The SMILES string of the molecule is COc1ccc2c3ccccc3c3ccccc3c2c1. The van der Waals surface area contributed by atoms with Gasteiger partial charge >= 0.3 is 0 Å². The summed E-state index contributed by atoms with van der Waals surface area (Å²) in [6.45, 7) is 0. The molecule has 0 saturated carbocycles. The van der Waals surface area contributed by atoms with Crippen LogP contribution in [0.2, 0.25) is 0 Å². The van der Waals surface area contributed by atoms with Crippen LogP contribution in [-0.2, 0) is 0 Å². The lowest BCUT2D eigenvalue weighted by molar-refractivity contribution is 0.415. The zero-order valence-corrected chi connectivity index (χ0v) is 11.3. The van der Waals surface area contributed by atoms with E-state index < -0.39 is 0 Å². The van der Waals surface area contributed by atoms with Crippen molar-refractivity contribution in [2.45, 2.75) is 0 Å². The number of fused-ring (bicyclic) bond motifs is 6. The fourth-order valence-corrected chi connectivity index (χ4v) is 3.01. The molecule has 0 aromatic heterocycles. The highest BCUT2D eigenvalue weighted by atomic mass is 16.5. The summed E-state index contributed by atoms with van der Waals surface area (Å²) in [7, 11) is 1.71. The number of methoxy groups -OCH3 is 1. The molecule has 0 unspecified atom stereocenters. The zero-order chi connectivity index (χ0) is 13.5. The van der Waals surface area contributed by atoms with E-state index in [1.54, 1.807) is 7.11 Å². The number of benzene rings is 4. The Labute approximate surface area is 117 Å². The summed E-state index contributed by atoms with van der Waals surface area (Å²) in [6.07, 6.45) is 0. The van der Waals surface area contributed by atoms with E-state index in [4.69, 9.17) is 4.74 Å². The Balaban J connectivity index is 2.35. The van der Waals surface area contributed by atoms with Crippen LogP contribution in [0.15, 0.2) is 66.7 Å². The minimum atomic E-state index is 0.901. The Morgan fingerprint density at radius 3 is 1.50 bits per heavy atom. The predicted octanol–water partition coefficient (Wildman–Crippen LogP) is 5.15. The van der Waals surface area contributed by atoms with Crippen LogP contribution in [0.1, 0.15) is 0 Å². The molecule has 0 heterocycles. The van der Waals surface area contributed by atoms with Crippen LogP contribution < -0.4 is 4.74 Å². The second kappa shape index (κ2) is 4.24. The van der Waals surface area contributed by atoms with Crippen molar-refractivity contribution < 1.29 is 4.74 Å². The van der Waals surface area contributed by atoms with Gasteiger partial charge in [0.05, 0.1) is 7.11 Å². The second-order valence-corrected chi connectivity index (χ2v) is 5.00. The van der Waals surface area contributed by atoms with Gasteiger partial charge in [-0.3, -0.25) is 0 Å². The number of ether oxygens (including phenoxy) is 1. The number of rotatable bonds is 1. The number of hydrogen-bond donors (Lipinski definition) is 0. The van der Waals surface area contributed by atoms with E-state index in [1.807, 2.05) is 6.07 Å². The summed E-state index contributed by atoms with van der Waals surface area (Å²) in [5, 5.41) is 7.70. The normalized spacial score (nSPS) is 11.2. The van der Waals surface area contributed by atoms with Crippen molar-refractivity contribution in [2.24, 2.45) is 0 Å². The molecule has 0 aliphatic carbocycles. The zero-order valence-electron chi connectivity index (χ0n) is 11.3. The van der Waals surface area contributed by atoms with Crippen LogP contribution in [0, 0.1) is 0 Å². The van der Waals surface area contributed by atoms with E-state index >= 15 is 0 Å². The highest BCUT2D eigenvalue weighted by Crippen LogP contribution is 2.36. The molecular weight excluding hydrogens is 244 g/mol. The molecule has 0 N–H and O–H groups in total. The quantitative estimate of drug-likeness (QED) is 0.429. The molecule has 96 valence electrons. The molecule has 1 nitrogen and oxygen atoms in total. The highest BCUT2D eigenvalue weighted by Gasteiger charge is 2.08. The smallest absolute Gasteiger partial charge is 0.119 e. The minimum absolute atomic E-state index is 0.901. The van der Waals surface area contributed by atoms with Crippen molar-refractivity contribution in [3.63, 3.8) is 0 Å². The molecule has 0 saturated heterocycles. The van der Waals surface area contributed by atoms with Crippen molar-refractivity contribution in [3.8, 4) is 5.75 Å². The predicted molar refractivity (Wildman–Crippen MR) is 85.5 cm³/mol. The van der Waals surface area contributed by atoms with Gasteiger partial charge in [0, 0.05) is 0 Å². The fraction of sp³-hybridized carbons (Fsp3) is 0.0526. The molecular formula is C19H14O. The molecule has 4 aromatic carbocycles. The maximum Gasteiger partial charge on any atom is 0.119 e. The van der Waals surface area contributed by atoms with Crippen LogP contribution in [0.3, 0.4) is 0 Å². The topological polar surface area (TPSA) is 9.23 Å². The Kier molecular flexibility index (Phi) is 2.40. The second-order valence-electron chi connectivity index (χ2n) is 5.00. The average molecular weight is 258 g/mol. The largest absolute Gasteiger partial charge is 0.497 e. The maximum absolute atomic E-state index is 5.38. The van der Waals surface area contributed by atoms with E-state index in [1.165, 1.54) is 32.3 Å². The third-order valence-corrected chi connectivity index (χ3v) is 3.95. The monoisotopic (exact) mass is 258 g/mol. The average Bonchev–Trinajstić information content (AvgIpc) is 2.54. The van der Waals surface area contributed by atoms with Crippen molar-refractivity contribution in [1.82, 2.24) is 0 Å². The molecule has 0 aliphatic heterocycles. The summed E-state index contributed by atoms with van der Waals surface area (Å²) < 4.78 is 5.38. The molecule has 0 spiro atoms. The van der Waals surface area contributed by atoms with Crippen LogP contribution in [0.4, 0.5) is 0 Å². The molecule has 20 heavy (non-hydrogen) atoms. The van der Waals surface area contributed by atoms with Crippen molar-refractivity contribution in [2.75, 3.05) is 7.11 Å². The van der Waals surface area contributed by atoms with Gasteiger partial charge in [-0.1, -0.05) is 54.6 Å². The fourth-order valence-electron chi connectivity index (χ4n) is 3.01. The first-order valence-electron chi connectivity index (χ1n) is 6.76. The standard InChI is InChI=1S/C19H14O/c1-20-13-10-11-18-16-8-3-2-6-14(16)15-7-4-5-9-17(15)19(18)12-13/h2-12H,1H3. The third kappa shape index (κ3) is 1.50. The van der Waals surface area contributed by atoms with Crippen LogP contribution in [0.25, 0.3) is 32.3 Å². The van der Waals surface area contributed by atoms with Gasteiger partial charge in [-0.05, 0) is 44.5 Å². The van der Waals surface area contributed by atoms with Gasteiger partial charge in [0.15, 0.2) is 0 Å². The highest BCUT2D eigenvalue weighted by molar-refractivity contribution is 6.25. The molecule has 0 atom stereocenters. The summed E-state index contributed by atoms with van der Waals surface area (Å²) in [4.78, 5) is 0. The summed E-state index contributed by atoms with van der Waals surface area (Å²) in [5.74, 6) is 0.901. The Morgan fingerprint density at radius 1 is 0.550 bits per heavy atom. The molecule has 0 aliphatic rings. The van der Waals surface area contributed by atoms with Crippen LogP contribution in [0.5, 0.6) is 5.75 Å². The Hall–Kier alpha value is -2.54. The van der Waals surface area contributed by atoms with Gasteiger partial charge < -0.3 is 4.74 Å². The Bertz CT molecular complexity index is 903. The van der Waals surface area contributed by atoms with Crippen LogP contribution >= 0.6 is 0 Å². The van der Waals surface area contributed by atoms with E-state index in [2.05, 4.69) is 60.7 Å². The number of hydrogen-bond acceptors (Lipinski definition) is 1. The summed E-state index contributed by atoms with van der Waals surface area (Å²) in [5.41, 5.74) is 0. The molecule has 0 amide bonds. The molecule has 0 bridgehead atoms. The van der Waals surface area contributed by atoms with E-state index in [0.717, 1.165) is 5.75 Å². The van der Waals surface area contributed by atoms with E-state index in [0.29, 0.717) is 0 Å². The van der Waals surface area contributed by atoms with Gasteiger partial charge in [-0.25, -0.2) is 0 Å². The minimum Gasteiger partial charge on any atom is -0.497 e. The van der Waals surface area contributed by atoms with Crippen LogP contribution in [-0.4, -0.2) is 7.11 Å². The molecule has 0 radical (unpaired) electrons. The van der Waals surface area contributed by atoms with E-state index in [9.17, 15) is 0 Å². The Morgan fingerprint density at radius 2 is 1.00 bits per heavy atom. The first-order valence-corrected chi connectivity index (χ1v) is 6.76. The first kappa shape index (κ1) is 11.3. The van der Waals surface area contributed by atoms with E-state index in [-0.39, 0.29) is 0 Å². The van der Waals surface area contributed by atoms with Crippen molar-refractivity contribution in [1.29, 1.82) is 0 Å². The summed E-state index contributed by atoms with van der Waals surface area (Å²) >= 11 is 0. The van der Waals surface area contributed by atoms with Gasteiger partial charge in [0.1, 0.15) is 5.75 Å². The van der Waals surface area contributed by atoms with Gasteiger partial charge in [0.25, 0.3) is 0 Å². The van der Waals surface area contributed by atoms with Gasteiger partial charge in [0.2, 0.25) is 0 Å². The van der Waals surface area contributed by atoms with Gasteiger partial charge in [-0.2, -0.15) is 0 Å².